The maximum atomic E-state index is 14.0. The standard InChI is InChI=1S/C33H48O4/c1-5-13-26-15-9-11-21-32(26,19-7-3)36-30(34)28-24-17-18-25(23-24)29(28)31(35)37-33(20-8-4)22-12-10-16-27(33)14-6-2/h9-12,15-16,21-22,24-29H,5-8,13-14,17-20,23H2,1-4H3. The van der Waals surface area contributed by atoms with Crippen LogP contribution in [0.4, 0.5) is 0 Å². The van der Waals surface area contributed by atoms with Crippen molar-refractivity contribution < 1.29 is 19.1 Å². The van der Waals surface area contributed by atoms with Crippen LogP contribution in [-0.2, 0) is 19.1 Å². The van der Waals surface area contributed by atoms with Crippen LogP contribution in [0.1, 0.15) is 98.3 Å². The molecule has 0 aromatic heterocycles. The average molecular weight is 509 g/mol. The summed E-state index contributed by atoms with van der Waals surface area (Å²) in [5.74, 6) is -0.362. The van der Waals surface area contributed by atoms with E-state index in [0.717, 1.165) is 70.6 Å². The van der Waals surface area contributed by atoms with Crippen molar-refractivity contribution in [2.24, 2.45) is 35.5 Å². The van der Waals surface area contributed by atoms with Gasteiger partial charge in [0.05, 0.1) is 11.8 Å². The van der Waals surface area contributed by atoms with Crippen molar-refractivity contribution >= 4 is 11.9 Å². The van der Waals surface area contributed by atoms with Crippen molar-refractivity contribution in [1.82, 2.24) is 0 Å². The van der Waals surface area contributed by atoms with Gasteiger partial charge in [-0.2, -0.15) is 0 Å². The van der Waals surface area contributed by atoms with Crippen LogP contribution in [0.2, 0.25) is 0 Å². The molecule has 0 N–H and O–H groups in total. The van der Waals surface area contributed by atoms with E-state index in [1.165, 1.54) is 0 Å². The number of carbonyl (C=O) groups excluding carboxylic acids is 2. The van der Waals surface area contributed by atoms with E-state index < -0.39 is 23.0 Å². The number of esters is 2. The largest absolute Gasteiger partial charge is 0.454 e. The van der Waals surface area contributed by atoms with Gasteiger partial charge < -0.3 is 9.47 Å². The molecule has 8 unspecified atom stereocenters. The van der Waals surface area contributed by atoms with Gasteiger partial charge in [0.25, 0.3) is 0 Å². The van der Waals surface area contributed by atoms with Crippen LogP contribution in [0.25, 0.3) is 0 Å². The summed E-state index contributed by atoms with van der Waals surface area (Å²) in [5, 5.41) is 0. The molecule has 0 spiro atoms. The SMILES string of the molecule is CCCC1C=CC=CC1(CCC)OC(=O)C1C2CCC(C2)C1C(=O)OC1(CCC)C=CC=CC1CCC. The van der Waals surface area contributed by atoms with Gasteiger partial charge in [-0.1, -0.05) is 89.8 Å². The van der Waals surface area contributed by atoms with Gasteiger partial charge in [0, 0.05) is 11.8 Å². The summed E-state index contributed by atoms with van der Waals surface area (Å²) in [6, 6.07) is 0. The molecular formula is C33H48O4. The molecule has 4 aliphatic rings. The first-order valence-corrected chi connectivity index (χ1v) is 15.1. The minimum atomic E-state index is -0.612. The Bertz CT molecular complexity index is 855. The van der Waals surface area contributed by atoms with Gasteiger partial charge in [0.15, 0.2) is 0 Å². The molecular weight excluding hydrogens is 460 g/mol. The van der Waals surface area contributed by atoms with Crippen LogP contribution in [0, 0.1) is 35.5 Å². The second-order valence-electron chi connectivity index (χ2n) is 11.9. The van der Waals surface area contributed by atoms with Gasteiger partial charge >= 0.3 is 11.9 Å². The minimum absolute atomic E-state index is 0.178. The highest BCUT2D eigenvalue weighted by molar-refractivity contribution is 5.84. The molecule has 4 heteroatoms. The molecule has 0 saturated heterocycles. The molecule has 4 nitrogen and oxygen atoms in total. The third kappa shape index (κ3) is 5.54. The van der Waals surface area contributed by atoms with E-state index in [9.17, 15) is 9.59 Å². The Kier molecular flexibility index (Phi) is 9.19. The molecule has 0 aromatic carbocycles. The summed E-state index contributed by atoms with van der Waals surface area (Å²) in [5.41, 5.74) is -1.22. The zero-order valence-corrected chi connectivity index (χ0v) is 23.5. The topological polar surface area (TPSA) is 52.6 Å². The van der Waals surface area contributed by atoms with Crippen LogP contribution < -0.4 is 0 Å². The fraction of sp³-hybridized carbons (Fsp3) is 0.697. The normalized spacial score (nSPS) is 37.7. The molecule has 8 atom stereocenters. The van der Waals surface area contributed by atoms with Gasteiger partial charge in [-0.05, 0) is 68.9 Å². The highest BCUT2D eigenvalue weighted by Crippen LogP contribution is 2.54. The first kappa shape index (κ1) is 27.9. The van der Waals surface area contributed by atoms with E-state index in [1.807, 2.05) is 12.2 Å². The van der Waals surface area contributed by atoms with Gasteiger partial charge in [-0.15, -0.1) is 0 Å². The Hall–Kier alpha value is -2.10. The van der Waals surface area contributed by atoms with Crippen molar-refractivity contribution in [2.75, 3.05) is 0 Å². The molecule has 0 amide bonds. The second-order valence-corrected chi connectivity index (χ2v) is 11.9. The first-order valence-electron chi connectivity index (χ1n) is 15.1. The third-order valence-electron chi connectivity index (χ3n) is 9.44. The van der Waals surface area contributed by atoms with Crippen LogP contribution in [0.3, 0.4) is 0 Å². The molecule has 0 aliphatic heterocycles. The first-order chi connectivity index (χ1) is 17.9. The maximum Gasteiger partial charge on any atom is 0.310 e. The summed E-state index contributed by atoms with van der Waals surface area (Å²) in [6.07, 6.45) is 27.2. The zero-order valence-electron chi connectivity index (χ0n) is 23.5. The van der Waals surface area contributed by atoms with Gasteiger partial charge in [0.2, 0.25) is 0 Å². The Morgan fingerprint density at radius 1 is 0.676 bits per heavy atom. The van der Waals surface area contributed by atoms with Crippen molar-refractivity contribution in [3.05, 3.63) is 48.6 Å². The molecule has 2 bridgehead atoms. The number of hydrogen-bond acceptors (Lipinski definition) is 4. The van der Waals surface area contributed by atoms with E-state index in [2.05, 4.69) is 64.2 Å². The van der Waals surface area contributed by atoms with Gasteiger partial charge in [0.1, 0.15) is 11.2 Å². The number of hydrogen-bond donors (Lipinski definition) is 0. The molecule has 4 aliphatic carbocycles. The summed E-state index contributed by atoms with van der Waals surface area (Å²) in [7, 11) is 0. The van der Waals surface area contributed by atoms with E-state index >= 15 is 0 Å². The number of carbonyl (C=O) groups is 2. The average Bonchev–Trinajstić information content (AvgIpc) is 3.50. The fourth-order valence-electron chi connectivity index (χ4n) is 7.83. The molecule has 2 saturated carbocycles. The van der Waals surface area contributed by atoms with E-state index in [1.54, 1.807) is 0 Å². The monoisotopic (exact) mass is 508 g/mol. The second kappa shape index (κ2) is 12.2. The highest BCUT2D eigenvalue weighted by atomic mass is 16.6. The molecule has 2 fully saturated rings. The lowest BCUT2D eigenvalue weighted by Crippen LogP contribution is -2.48. The predicted molar refractivity (Wildman–Crippen MR) is 149 cm³/mol. The number of allylic oxidation sites excluding steroid dienone is 4. The van der Waals surface area contributed by atoms with Gasteiger partial charge in [-0.3, -0.25) is 9.59 Å². The van der Waals surface area contributed by atoms with E-state index in [4.69, 9.17) is 9.47 Å². The molecule has 0 heterocycles. The Balaban J connectivity index is 1.57. The lowest BCUT2D eigenvalue weighted by atomic mass is 9.75. The van der Waals surface area contributed by atoms with Crippen LogP contribution >= 0.6 is 0 Å². The fourth-order valence-corrected chi connectivity index (χ4v) is 7.83. The number of fused-ring (bicyclic) bond motifs is 2. The Morgan fingerprint density at radius 3 is 1.49 bits per heavy atom. The van der Waals surface area contributed by atoms with Crippen LogP contribution in [0.15, 0.2) is 48.6 Å². The van der Waals surface area contributed by atoms with Crippen molar-refractivity contribution in [3.63, 3.8) is 0 Å². The van der Waals surface area contributed by atoms with E-state index in [0.29, 0.717) is 0 Å². The summed E-state index contributed by atoms with van der Waals surface area (Å²) in [4.78, 5) is 28.0. The molecule has 37 heavy (non-hydrogen) atoms. The Morgan fingerprint density at radius 2 is 1.11 bits per heavy atom. The zero-order chi connectivity index (χ0) is 26.5. The van der Waals surface area contributed by atoms with Crippen molar-refractivity contribution in [1.29, 1.82) is 0 Å². The smallest absolute Gasteiger partial charge is 0.310 e. The number of rotatable bonds is 12. The van der Waals surface area contributed by atoms with Crippen molar-refractivity contribution in [2.45, 2.75) is 110 Å². The molecule has 204 valence electrons. The predicted octanol–water partition coefficient (Wildman–Crippen LogP) is 7.90. The molecule has 4 rings (SSSR count). The minimum Gasteiger partial charge on any atom is -0.454 e. The lowest BCUT2D eigenvalue weighted by molar-refractivity contribution is -0.180. The summed E-state index contributed by atoms with van der Waals surface area (Å²) < 4.78 is 13.0. The Labute approximate surface area is 224 Å². The van der Waals surface area contributed by atoms with E-state index in [-0.39, 0.29) is 35.6 Å². The summed E-state index contributed by atoms with van der Waals surface area (Å²) >= 11 is 0. The van der Waals surface area contributed by atoms with Crippen LogP contribution in [0.5, 0.6) is 0 Å². The van der Waals surface area contributed by atoms with Crippen LogP contribution in [-0.4, -0.2) is 23.1 Å². The van der Waals surface area contributed by atoms with Crippen molar-refractivity contribution in [3.8, 4) is 0 Å². The third-order valence-corrected chi connectivity index (χ3v) is 9.44. The van der Waals surface area contributed by atoms with Gasteiger partial charge in [-0.25, -0.2) is 0 Å². The quantitative estimate of drug-likeness (QED) is 0.251. The molecule has 0 aromatic rings. The maximum absolute atomic E-state index is 14.0. The molecule has 0 radical (unpaired) electrons. The number of ether oxygens (including phenoxy) is 2. The lowest BCUT2D eigenvalue weighted by Gasteiger charge is -2.42. The summed E-state index contributed by atoms with van der Waals surface area (Å²) in [6.45, 7) is 8.65. The highest BCUT2D eigenvalue weighted by Gasteiger charge is 2.57.